The van der Waals surface area contributed by atoms with Crippen LogP contribution in [0.5, 0.6) is 5.75 Å². The van der Waals surface area contributed by atoms with Gasteiger partial charge >= 0.3 is 0 Å². The van der Waals surface area contributed by atoms with Gasteiger partial charge in [0.1, 0.15) is 29.7 Å². The van der Waals surface area contributed by atoms with Gasteiger partial charge in [-0.3, -0.25) is 0 Å². The van der Waals surface area contributed by atoms with Crippen molar-refractivity contribution in [1.29, 1.82) is 5.26 Å². The Morgan fingerprint density at radius 3 is 2.56 bits per heavy atom. The lowest BCUT2D eigenvalue weighted by atomic mass is 10.1. The number of aromatic nitrogens is 4. The minimum absolute atomic E-state index is 0.112. The van der Waals surface area contributed by atoms with Crippen LogP contribution in [0.3, 0.4) is 0 Å². The van der Waals surface area contributed by atoms with E-state index in [2.05, 4.69) is 21.1 Å². The monoisotopic (exact) mass is 335 g/mol. The highest BCUT2D eigenvalue weighted by Gasteiger charge is 2.18. The van der Waals surface area contributed by atoms with Gasteiger partial charge < -0.3 is 9.84 Å². The molecule has 2 heterocycles. The van der Waals surface area contributed by atoms with Gasteiger partial charge in [-0.2, -0.15) is 15.0 Å². The fourth-order valence-electron chi connectivity index (χ4n) is 2.45. The van der Waals surface area contributed by atoms with Crippen LogP contribution >= 0.6 is 0 Å². The summed E-state index contributed by atoms with van der Waals surface area (Å²) in [5.41, 5.74) is 2.70. The van der Waals surface area contributed by atoms with Crippen LogP contribution in [0, 0.1) is 18.3 Å². The highest BCUT2D eigenvalue weighted by molar-refractivity contribution is 5.40. The average Bonchev–Trinajstić information content (AvgIpc) is 2.97. The Bertz CT molecular complexity index is 882. The van der Waals surface area contributed by atoms with E-state index in [1.54, 1.807) is 25.4 Å². The van der Waals surface area contributed by atoms with Gasteiger partial charge in [0.15, 0.2) is 0 Å². The SMILES string of the molecule is Cc1nn(-c2ncccn2)c(COc2ccc(CCO)cc2)c1C#N. The average molecular weight is 335 g/mol. The molecule has 1 N–H and O–H groups in total. The number of aliphatic hydroxyl groups excluding tert-OH is 1. The molecule has 3 rings (SSSR count). The van der Waals surface area contributed by atoms with Crippen LogP contribution in [0.2, 0.25) is 0 Å². The molecule has 0 aliphatic carbocycles. The van der Waals surface area contributed by atoms with Gasteiger partial charge in [-0.15, -0.1) is 0 Å². The van der Waals surface area contributed by atoms with Crippen LogP contribution in [0.1, 0.15) is 22.5 Å². The van der Waals surface area contributed by atoms with E-state index >= 15 is 0 Å². The van der Waals surface area contributed by atoms with Crippen LogP contribution in [0.15, 0.2) is 42.7 Å². The van der Waals surface area contributed by atoms with Crippen LogP contribution in [0.25, 0.3) is 5.95 Å². The number of aliphatic hydroxyl groups is 1. The topological polar surface area (TPSA) is 96.8 Å². The van der Waals surface area contributed by atoms with E-state index in [1.807, 2.05) is 24.3 Å². The minimum atomic E-state index is 0.112. The predicted molar refractivity (Wildman–Crippen MR) is 90.2 cm³/mol. The van der Waals surface area contributed by atoms with Gasteiger partial charge in [-0.25, -0.2) is 9.97 Å². The summed E-state index contributed by atoms with van der Waals surface area (Å²) in [7, 11) is 0. The molecule has 0 aliphatic rings. The van der Waals surface area contributed by atoms with E-state index < -0.39 is 0 Å². The summed E-state index contributed by atoms with van der Waals surface area (Å²) in [6, 6.07) is 11.4. The molecule has 0 aliphatic heterocycles. The second-order valence-corrected chi connectivity index (χ2v) is 5.39. The first-order valence-corrected chi connectivity index (χ1v) is 7.81. The number of benzene rings is 1. The van der Waals surface area contributed by atoms with Crippen LogP contribution < -0.4 is 4.74 Å². The van der Waals surface area contributed by atoms with E-state index in [9.17, 15) is 5.26 Å². The maximum Gasteiger partial charge on any atom is 0.250 e. The molecule has 0 bridgehead atoms. The molecule has 126 valence electrons. The predicted octanol–water partition coefficient (Wildman–Crippen LogP) is 1.96. The highest BCUT2D eigenvalue weighted by atomic mass is 16.5. The fourth-order valence-corrected chi connectivity index (χ4v) is 2.45. The zero-order valence-electron chi connectivity index (χ0n) is 13.8. The van der Waals surface area contributed by atoms with Gasteiger partial charge in [0.25, 0.3) is 5.95 Å². The maximum absolute atomic E-state index is 9.43. The summed E-state index contributed by atoms with van der Waals surface area (Å²) in [6.07, 6.45) is 3.85. The Morgan fingerprint density at radius 2 is 1.92 bits per heavy atom. The van der Waals surface area contributed by atoms with Crippen molar-refractivity contribution in [3.8, 4) is 17.8 Å². The van der Waals surface area contributed by atoms with Crippen molar-refractivity contribution in [2.75, 3.05) is 6.61 Å². The Labute approximate surface area is 145 Å². The molecule has 0 radical (unpaired) electrons. The van der Waals surface area contributed by atoms with E-state index in [-0.39, 0.29) is 13.2 Å². The molecule has 0 amide bonds. The zero-order valence-corrected chi connectivity index (χ0v) is 13.8. The van der Waals surface area contributed by atoms with Gasteiger partial charge in [0.2, 0.25) is 0 Å². The van der Waals surface area contributed by atoms with Crippen LogP contribution in [-0.2, 0) is 13.0 Å². The third kappa shape index (κ3) is 3.65. The molecule has 0 saturated heterocycles. The largest absolute Gasteiger partial charge is 0.487 e. The number of ether oxygens (including phenoxy) is 1. The molecule has 0 unspecified atom stereocenters. The van der Waals surface area contributed by atoms with Crippen molar-refractivity contribution >= 4 is 0 Å². The lowest BCUT2D eigenvalue weighted by molar-refractivity contribution is 0.294. The molecule has 0 spiro atoms. The molecule has 25 heavy (non-hydrogen) atoms. The highest BCUT2D eigenvalue weighted by Crippen LogP contribution is 2.19. The smallest absolute Gasteiger partial charge is 0.250 e. The molecular formula is C18H17N5O2. The quantitative estimate of drug-likeness (QED) is 0.739. The molecule has 2 aromatic heterocycles. The summed E-state index contributed by atoms with van der Waals surface area (Å²) in [5.74, 6) is 1.06. The maximum atomic E-state index is 9.43. The number of aryl methyl sites for hydroxylation is 1. The first-order chi connectivity index (χ1) is 12.2. The molecule has 3 aromatic rings. The molecular weight excluding hydrogens is 318 g/mol. The number of hydrogen-bond donors (Lipinski definition) is 1. The fraction of sp³-hybridized carbons (Fsp3) is 0.222. The van der Waals surface area contributed by atoms with E-state index in [1.165, 1.54) is 4.68 Å². The number of nitrogens with zero attached hydrogens (tertiary/aromatic N) is 5. The minimum Gasteiger partial charge on any atom is -0.487 e. The van der Waals surface area contributed by atoms with Gasteiger partial charge in [0, 0.05) is 19.0 Å². The Hall–Kier alpha value is -3.24. The van der Waals surface area contributed by atoms with Crippen molar-refractivity contribution in [3.63, 3.8) is 0 Å². The number of nitriles is 1. The summed E-state index contributed by atoms with van der Waals surface area (Å²) in [5, 5.41) is 22.7. The standard InChI is InChI=1S/C18H17N5O2/c1-13-16(11-19)17(23(22-13)18-20-8-2-9-21-18)12-25-15-5-3-14(4-6-15)7-10-24/h2-6,8-9,24H,7,10,12H2,1H3. The molecule has 1 aromatic carbocycles. The Morgan fingerprint density at radius 1 is 1.20 bits per heavy atom. The summed E-state index contributed by atoms with van der Waals surface area (Å²) in [4.78, 5) is 8.37. The van der Waals surface area contributed by atoms with Crippen LogP contribution in [0.4, 0.5) is 0 Å². The third-order valence-corrected chi connectivity index (χ3v) is 3.71. The lowest BCUT2D eigenvalue weighted by Crippen LogP contribution is -2.09. The first kappa shape index (κ1) is 16.6. The summed E-state index contributed by atoms with van der Waals surface area (Å²) < 4.78 is 7.35. The first-order valence-electron chi connectivity index (χ1n) is 7.81. The third-order valence-electron chi connectivity index (χ3n) is 3.71. The van der Waals surface area contributed by atoms with Crippen LogP contribution in [-0.4, -0.2) is 31.5 Å². The second kappa shape index (κ2) is 7.55. The van der Waals surface area contributed by atoms with Crippen molar-refractivity contribution in [3.05, 3.63) is 65.2 Å². The summed E-state index contributed by atoms with van der Waals surface area (Å²) in [6.45, 7) is 2.05. The number of hydrogen-bond acceptors (Lipinski definition) is 6. The van der Waals surface area contributed by atoms with Crippen molar-refractivity contribution < 1.29 is 9.84 Å². The van der Waals surface area contributed by atoms with E-state index in [0.717, 1.165) is 5.56 Å². The van der Waals surface area contributed by atoms with Crippen molar-refractivity contribution in [2.45, 2.75) is 20.0 Å². The van der Waals surface area contributed by atoms with E-state index in [4.69, 9.17) is 9.84 Å². The molecule has 0 atom stereocenters. The zero-order chi connectivity index (χ0) is 17.6. The lowest BCUT2D eigenvalue weighted by Gasteiger charge is -2.09. The van der Waals surface area contributed by atoms with Gasteiger partial charge in [-0.05, 0) is 37.1 Å². The molecule has 0 fully saturated rings. The van der Waals surface area contributed by atoms with Gasteiger partial charge in [0.05, 0.1) is 5.69 Å². The van der Waals surface area contributed by atoms with Gasteiger partial charge in [-0.1, -0.05) is 12.1 Å². The van der Waals surface area contributed by atoms with Crippen molar-refractivity contribution in [1.82, 2.24) is 19.7 Å². The Kier molecular flexibility index (Phi) is 5.02. The molecule has 7 heteroatoms. The van der Waals surface area contributed by atoms with E-state index in [0.29, 0.717) is 35.1 Å². The molecule has 7 nitrogen and oxygen atoms in total. The normalized spacial score (nSPS) is 10.4. The number of rotatable bonds is 6. The Balaban J connectivity index is 1.85. The molecule has 0 saturated carbocycles. The van der Waals surface area contributed by atoms with Crippen molar-refractivity contribution in [2.24, 2.45) is 0 Å². The second-order valence-electron chi connectivity index (χ2n) is 5.39. The summed E-state index contributed by atoms with van der Waals surface area (Å²) >= 11 is 0.